The van der Waals surface area contributed by atoms with Crippen molar-refractivity contribution in [2.24, 2.45) is 5.73 Å². The zero-order valence-electron chi connectivity index (χ0n) is 11.7. The van der Waals surface area contributed by atoms with Crippen LogP contribution in [0, 0.1) is 18.2 Å². The van der Waals surface area contributed by atoms with Gasteiger partial charge in [0.25, 0.3) is 0 Å². The van der Waals surface area contributed by atoms with Crippen LogP contribution in [0.1, 0.15) is 16.7 Å². The number of nitrogens with one attached hydrogen (secondary N) is 1. The Labute approximate surface area is 118 Å². The average molecular weight is 271 g/mol. The number of nitrogens with two attached hydrogens (primary N) is 1. The molecule has 0 atom stereocenters. The van der Waals surface area contributed by atoms with Gasteiger partial charge in [0.05, 0.1) is 0 Å². The summed E-state index contributed by atoms with van der Waals surface area (Å²) >= 11 is 0. The largest absolute Gasteiger partial charge is 0.384 e. The molecule has 4 heteroatoms. The van der Waals surface area contributed by atoms with Crippen LogP contribution in [0.5, 0.6) is 0 Å². The summed E-state index contributed by atoms with van der Waals surface area (Å²) in [6, 6.07) is 12.5. The van der Waals surface area contributed by atoms with Gasteiger partial charge < -0.3 is 10.6 Å². The fraction of sp³-hybridized carbons (Fsp3) is 0.188. The molecule has 0 fully saturated rings. The van der Waals surface area contributed by atoms with Gasteiger partial charge in [0.15, 0.2) is 0 Å². The van der Waals surface area contributed by atoms with Gasteiger partial charge >= 0.3 is 0 Å². The number of benzene rings is 2. The second-order valence-electron chi connectivity index (χ2n) is 4.92. The summed E-state index contributed by atoms with van der Waals surface area (Å²) < 4.78 is 13.3. The topological polar surface area (TPSA) is 53.1 Å². The van der Waals surface area contributed by atoms with Gasteiger partial charge in [0.1, 0.15) is 11.7 Å². The first-order valence-corrected chi connectivity index (χ1v) is 6.38. The van der Waals surface area contributed by atoms with Gasteiger partial charge in [0, 0.05) is 24.8 Å². The molecule has 2 aromatic rings. The van der Waals surface area contributed by atoms with Gasteiger partial charge in [-0.2, -0.15) is 0 Å². The molecule has 2 aromatic carbocycles. The van der Waals surface area contributed by atoms with Crippen LogP contribution in [0.25, 0.3) is 0 Å². The van der Waals surface area contributed by atoms with Crippen LogP contribution in [-0.2, 0) is 6.54 Å². The lowest BCUT2D eigenvalue weighted by atomic mass is 10.1. The van der Waals surface area contributed by atoms with Crippen molar-refractivity contribution in [3.8, 4) is 0 Å². The van der Waals surface area contributed by atoms with Crippen LogP contribution in [0.15, 0.2) is 42.5 Å². The minimum Gasteiger partial charge on any atom is -0.384 e. The molecule has 2 rings (SSSR count). The maximum absolute atomic E-state index is 13.3. The van der Waals surface area contributed by atoms with Crippen molar-refractivity contribution in [2.75, 3.05) is 11.9 Å². The van der Waals surface area contributed by atoms with E-state index in [1.54, 1.807) is 6.07 Å². The van der Waals surface area contributed by atoms with Crippen molar-refractivity contribution in [2.45, 2.75) is 13.5 Å². The normalized spacial score (nSPS) is 10.3. The molecule has 0 unspecified atom stereocenters. The number of anilines is 1. The molecule has 0 spiro atoms. The van der Waals surface area contributed by atoms with Crippen molar-refractivity contribution >= 4 is 11.5 Å². The summed E-state index contributed by atoms with van der Waals surface area (Å²) in [7, 11) is 1.90. The fourth-order valence-electron chi connectivity index (χ4n) is 2.23. The molecule has 104 valence electrons. The quantitative estimate of drug-likeness (QED) is 0.663. The molecule has 0 aliphatic carbocycles. The minimum atomic E-state index is -0.386. The number of amidine groups is 1. The Morgan fingerprint density at radius 1 is 1.25 bits per heavy atom. The van der Waals surface area contributed by atoms with Gasteiger partial charge in [-0.3, -0.25) is 5.41 Å². The van der Waals surface area contributed by atoms with Crippen LogP contribution in [0.2, 0.25) is 0 Å². The lowest BCUT2D eigenvalue weighted by Crippen LogP contribution is -2.22. The van der Waals surface area contributed by atoms with Gasteiger partial charge in [0.2, 0.25) is 0 Å². The van der Waals surface area contributed by atoms with Crippen molar-refractivity contribution in [3.63, 3.8) is 0 Å². The third-order valence-electron chi connectivity index (χ3n) is 3.16. The monoisotopic (exact) mass is 271 g/mol. The summed E-state index contributed by atoms with van der Waals surface area (Å²) in [5.74, 6) is -0.515. The smallest absolute Gasteiger partial charge is 0.125 e. The highest BCUT2D eigenvalue weighted by Crippen LogP contribution is 2.22. The third-order valence-corrected chi connectivity index (χ3v) is 3.16. The van der Waals surface area contributed by atoms with E-state index in [0.29, 0.717) is 12.1 Å². The van der Waals surface area contributed by atoms with E-state index < -0.39 is 0 Å². The molecule has 0 aliphatic heterocycles. The molecule has 0 heterocycles. The summed E-state index contributed by atoms with van der Waals surface area (Å²) in [5.41, 5.74) is 9.05. The highest BCUT2D eigenvalue weighted by molar-refractivity contribution is 6.00. The molecule has 0 aromatic heterocycles. The first-order valence-electron chi connectivity index (χ1n) is 6.38. The zero-order chi connectivity index (χ0) is 14.7. The van der Waals surface area contributed by atoms with E-state index in [1.165, 1.54) is 17.7 Å². The number of aryl methyl sites for hydroxylation is 1. The number of halogens is 1. The van der Waals surface area contributed by atoms with E-state index in [0.717, 1.165) is 11.3 Å². The first-order chi connectivity index (χ1) is 9.47. The first kappa shape index (κ1) is 14.1. The zero-order valence-corrected chi connectivity index (χ0v) is 11.7. The summed E-state index contributed by atoms with van der Waals surface area (Å²) in [4.78, 5) is 1.96. The number of nitrogen functional groups attached to an aromatic ring is 1. The molecule has 0 bridgehead atoms. The summed E-state index contributed by atoms with van der Waals surface area (Å²) in [6.45, 7) is 2.72. The van der Waals surface area contributed by atoms with Crippen LogP contribution in [0.4, 0.5) is 10.1 Å². The molecule has 0 aliphatic rings. The second kappa shape index (κ2) is 5.74. The second-order valence-corrected chi connectivity index (χ2v) is 4.92. The highest BCUT2D eigenvalue weighted by Gasteiger charge is 2.11. The Morgan fingerprint density at radius 2 is 2.00 bits per heavy atom. The average Bonchev–Trinajstić information content (AvgIpc) is 2.38. The predicted molar refractivity (Wildman–Crippen MR) is 80.7 cm³/mol. The molecule has 0 amide bonds. The van der Waals surface area contributed by atoms with Crippen LogP contribution >= 0.6 is 0 Å². The third kappa shape index (κ3) is 3.15. The van der Waals surface area contributed by atoms with E-state index in [1.807, 2.05) is 37.1 Å². The molecule has 3 N–H and O–H groups in total. The fourth-order valence-corrected chi connectivity index (χ4v) is 2.23. The Balaban J connectivity index is 2.29. The van der Waals surface area contributed by atoms with Crippen molar-refractivity contribution in [1.82, 2.24) is 0 Å². The number of nitrogens with zero attached hydrogens (tertiary/aromatic N) is 1. The maximum Gasteiger partial charge on any atom is 0.125 e. The van der Waals surface area contributed by atoms with Crippen molar-refractivity contribution in [3.05, 3.63) is 65.0 Å². The highest BCUT2D eigenvalue weighted by atomic mass is 19.1. The number of rotatable bonds is 4. The molecule has 20 heavy (non-hydrogen) atoms. The number of hydrogen-bond donors (Lipinski definition) is 2. The van der Waals surface area contributed by atoms with Crippen LogP contribution in [-0.4, -0.2) is 12.9 Å². The maximum atomic E-state index is 13.3. The predicted octanol–water partition coefficient (Wildman–Crippen LogP) is 3.05. The molecule has 3 nitrogen and oxygen atoms in total. The lowest BCUT2D eigenvalue weighted by molar-refractivity contribution is 0.627. The Hall–Kier alpha value is -2.36. The Kier molecular flexibility index (Phi) is 4.03. The molecule has 0 radical (unpaired) electrons. The lowest BCUT2D eigenvalue weighted by Gasteiger charge is -2.22. The van der Waals surface area contributed by atoms with Gasteiger partial charge in [-0.1, -0.05) is 29.8 Å². The van der Waals surface area contributed by atoms with Gasteiger partial charge in [-0.15, -0.1) is 0 Å². The van der Waals surface area contributed by atoms with E-state index >= 15 is 0 Å². The number of hydrogen-bond acceptors (Lipinski definition) is 2. The Morgan fingerprint density at radius 3 is 2.65 bits per heavy atom. The van der Waals surface area contributed by atoms with E-state index in [-0.39, 0.29) is 11.7 Å². The van der Waals surface area contributed by atoms with E-state index in [4.69, 9.17) is 11.1 Å². The molecule has 0 saturated heterocycles. The van der Waals surface area contributed by atoms with Crippen molar-refractivity contribution in [1.29, 1.82) is 5.41 Å². The SMILES string of the molecule is Cc1cccc(CN(C)c2ccc(F)cc2C(=N)N)c1. The van der Waals surface area contributed by atoms with Crippen LogP contribution < -0.4 is 10.6 Å². The van der Waals surface area contributed by atoms with Gasteiger partial charge in [-0.05, 0) is 30.7 Å². The van der Waals surface area contributed by atoms with E-state index in [2.05, 4.69) is 6.07 Å². The van der Waals surface area contributed by atoms with Gasteiger partial charge in [-0.25, -0.2) is 4.39 Å². The molecular formula is C16H18FN3. The summed E-state index contributed by atoms with van der Waals surface area (Å²) in [5, 5.41) is 7.56. The summed E-state index contributed by atoms with van der Waals surface area (Å²) in [6.07, 6.45) is 0. The molecular weight excluding hydrogens is 253 g/mol. The molecule has 0 saturated carbocycles. The minimum absolute atomic E-state index is 0.129. The van der Waals surface area contributed by atoms with Crippen LogP contribution in [0.3, 0.4) is 0 Å². The standard InChI is InChI=1S/C16H18FN3/c1-11-4-3-5-12(8-11)10-20(2)15-7-6-13(17)9-14(15)16(18)19/h3-9H,10H2,1-2H3,(H3,18,19). The Bertz CT molecular complexity index is 637. The van der Waals surface area contributed by atoms with Crippen molar-refractivity contribution < 1.29 is 4.39 Å². The van der Waals surface area contributed by atoms with E-state index in [9.17, 15) is 4.39 Å².